The zero-order valence-corrected chi connectivity index (χ0v) is 14.3. The molecule has 1 aliphatic heterocycles. The first-order valence-corrected chi connectivity index (χ1v) is 8.82. The minimum Gasteiger partial charge on any atom is -0.363 e. The number of nitrogens with zero attached hydrogens (tertiary/aromatic N) is 4. The summed E-state index contributed by atoms with van der Waals surface area (Å²) in [7, 11) is 0. The van der Waals surface area contributed by atoms with E-state index in [9.17, 15) is 9.18 Å². The molecule has 6 nitrogen and oxygen atoms in total. The first-order valence-electron chi connectivity index (χ1n) is 8.82. The number of aromatic amines is 1. The third-order valence-corrected chi connectivity index (χ3v) is 5.32. The molecule has 1 fully saturated rings. The van der Waals surface area contributed by atoms with Crippen LogP contribution in [0.25, 0.3) is 0 Å². The van der Waals surface area contributed by atoms with Crippen molar-refractivity contribution >= 4 is 11.6 Å². The maximum Gasteiger partial charge on any atom is 0.226 e. The molecule has 0 unspecified atom stereocenters. The number of piperazine rings is 1. The molecule has 1 amide bonds. The highest BCUT2D eigenvalue weighted by Crippen LogP contribution is 2.27. The van der Waals surface area contributed by atoms with Gasteiger partial charge >= 0.3 is 0 Å². The molecule has 1 N–H and O–H groups in total. The maximum absolute atomic E-state index is 14.1. The molecule has 2 heterocycles. The van der Waals surface area contributed by atoms with Crippen molar-refractivity contribution in [2.24, 2.45) is 5.92 Å². The van der Waals surface area contributed by atoms with Gasteiger partial charge in [0.25, 0.3) is 0 Å². The van der Waals surface area contributed by atoms with Crippen LogP contribution in [0.5, 0.6) is 0 Å². The number of H-pyrrole nitrogens is 1. The molecule has 0 spiro atoms. The fraction of sp³-hybridized carbons (Fsp3) is 0.500. The average Bonchev–Trinajstić information content (AvgIpc) is 3.09. The second-order valence-corrected chi connectivity index (χ2v) is 6.93. The first kappa shape index (κ1) is 16.1. The zero-order chi connectivity index (χ0) is 17.4. The van der Waals surface area contributed by atoms with Gasteiger partial charge in [0, 0.05) is 38.0 Å². The second-order valence-electron chi connectivity index (χ2n) is 6.93. The van der Waals surface area contributed by atoms with Crippen molar-refractivity contribution in [3.05, 3.63) is 41.5 Å². The molecule has 1 aliphatic carbocycles. The van der Waals surface area contributed by atoms with Gasteiger partial charge < -0.3 is 9.80 Å². The monoisotopic (exact) mass is 343 g/mol. The van der Waals surface area contributed by atoms with E-state index in [-0.39, 0.29) is 23.7 Å². The third kappa shape index (κ3) is 2.99. The number of nitrogens with one attached hydrogen (secondary N) is 1. The molecular formula is C18H22FN5O. The predicted octanol–water partition coefficient (Wildman–Crippen LogP) is 1.79. The summed E-state index contributed by atoms with van der Waals surface area (Å²) in [5.41, 5.74) is 2.52. The van der Waals surface area contributed by atoms with E-state index >= 15 is 0 Å². The quantitative estimate of drug-likeness (QED) is 0.903. The van der Waals surface area contributed by atoms with E-state index < -0.39 is 0 Å². The van der Waals surface area contributed by atoms with Gasteiger partial charge in [0.2, 0.25) is 5.91 Å². The van der Waals surface area contributed by atoms with Crippen LogP contribution in [0.3, 0.4) is 0 Å². The van der Waals surface area contributed by atoms with Gasteiger partial charge in [-0.1, -0.05) is 12.1 Å². The van der Waals surface area contributed by atoms with Gasteiger partial charge in [0.05, 0.1) is 17.1 Å². The number of aryl methyl sites for hydroxylation is 1. The Morgan fingerprint density at radius 3 is 2.84 bits per heavy atom. The highest BCUT2D eigenvalue weighted by atomic mass is 19.1. The lowest BCUT2D eigenvalue weighted by Gasteiger charge is -2.42. The Labute approximate surface area is 146 Å². The van der Waals surface area contributed by atoms with Crippen molar-refractivity contribution in [3.63, 3.8) is 0 Å². The molecule has 25 heavy (non-hydrogen) atoms. The lowest BCUT2D eigenvalue weighted by atomic mass is 9.88. The number of halogens is 1. The summed E-state index contributed by atoms with van der Waals surface area (Å²) in [5, 5.41) is 10.9. The summed E-state index contributed by atoms with van der Waals surface area (Å²) < 4.78 is 14.1. The summed E-state index contributed by atoms with van der Waals surface area (Å²) in [5.74, 6) is -0.0431. The van der Waals surface area contributed by atoms with E-state index in [4.69, 9.17) is 0 Å². The summed E-state index contributed by atoms with van der Waals surface area (Å²) in [6.07, 6.45) is 2.28. The molecule has 132 valence electrons. The van der Waals surface area contributed by atoms with Crippen LogP contribution in [0.4, 0.5) is 10.1 Å². The standard InChI is InChI=1S/C18H22FN5O/c1-12-11-23(8-9-24(12)17-5-3-2-4-14(17)19)18(25)13-6-7-15-16(10-13)21-22-20-15/h2-5,12-13H,6-11H2,1H3,(H,20,21,22)/t12-,13+/m1/s1. The Kier molecular flexibility index (Phi) is 4.15. The minimum absolute atomic E-state index is 0.0233. The van der Waals surface area contributed by atoms with Crippen LogP contribution in [-0.4, -0.2) is 51.9 Å². The largest absolute Gasteiger partial charge is 0.363 e. The third-order valence-electron chi connectivity index (χ3n) is 5.32. The maximum atomic E-state index is 14.1. The van der Waals surface area contributed by atoms with Crippen LogP contribution in [0.15, 0.2) is 24.3 Å². The molecule has 0 saturated carbocycles. The number of hydrogen-bond donors (Lipinski definition) is 1. The van der Waals surface area contributed by atoms with E-state index in [1.807, 2.05) is 17.9 Å². The molecule has 4 rings (SSSR count). The molecular weight excluding hydrogens is 321 g/mol. The van der Waals surface area contributed by atoms with Crippen molar-refractivity contribution in [2.45, 2.75) is 32.2 Å². The highest BCUT2D eigenvalue weighted by Gasteiger charge is 2.34. The van der Waals surface area contributed by atoms with Crippen molar-refractivity contribution in [1.29, 1.82) is 0 Å². The molecule has 1 saturated heterocycles. The van der Waals surface area contributed by atoms with E-state index in [2.05, 4.69) is 20.3 Å². The number of benzene rings is 1. The van der Waals surface area contributed by atoms with E-state index in [1.165, 1.54) is 6.07 Å². The number of para-hydroxylation sites is 1. The van der Waals surface area contributed by atoms with Gasteiger partial charge in [-0.15, -0.1) is 0 Å². The van der Waals surface area contributed by atoms with Crippen LogP contribution in [0.1, 0.15) is 24.7 Å². The average molecular weight is 343 g/mol. The van der Waals surface area contributed by atoms with Gasteiger partial charge in [-0.3, -0.25) is 4.79 Å². The van der Waals surface area contributed by atoms with Crippen LogP contribution in [-0.2, 0) is 17.6 Å². The molecule has 2 aliphatic rings. The van der Waals surface area contributed by atoms with Crippen molar-refractivity contribution in [3.8, 4) is 0 Å². The number of rotatable bonds is 2. The van der Waals surface area contributed by atoms with Crippen LogP contribution >= 0.6 is 0 Å². The Balaban J connectivity index is 1.42. The molecule has 0 radical (unpaired) electrons. The number of carbonyl (C=O) groups is 1. The summed E-state index contributed by atoms with van der Waals surface area (Å²) in [6, 6.07) is 6.92. The number of amides is 1. The SMILES string of the molecule is C[C@@H]1CN(C(=O)[C@H]2CCc3n[nH]nc3C2)CCN1c1ccccc1F. The summed E-state index contributed by atoms with van der Waals surface area (Å²) >= 11 is 0. The van der Waals surface area contributed by atoms with Crippen LogP contribution in [0.2, 0.25) is 0 Å². The molecule has 1 aromatic heterocycles. The van der Waals surface area contributed by atoms with Crippen molar-refractivity contribution < 1.29 is 9.18 Å². The summed E-state index contributed by atoms with van der Waals surface area (Å²) in [6.45, 7) is 3.94. The number of hydrogen-bond acceptors (Lipinski definition) is 4. The van der Waals surface area contributed by atoms with Gasteiger partial charge in [-0.2, -0.15) is 15.4 Å². The van der Waals surface area contributed by atoms with Crippen molar-refractivity contribution in [1.82, 2.24) is 20.3 Å². The Morgan fingerprint density at radius 1 is 1.24 bits per heavy atom. The molecule has 0 bridgehead atoms. The normalized spacial score (nSPS) is 23.4. The van der Waals surface area contributed by atoms with E-state index in [1.54, 1.807) is 12.1 Å². The Morgan fingerprint density at radius 2 is 2.04 bits per heavy atom. The van der Waals surface area contributed by atoms with Gasteiger partial charge in [-0.05, 0) is 31.9 Å². The highest BCUT2D eigenvalue weighted by molar-refractivity contribution is 5.80. The lowest BCUT2D eigenvalue weighted by molar-refractivity contribution is -0.136. The predicted molar refractivity (Wildman–Crippen MR) is 91.7 cm³/mol. The fourth-order valence-corrected chi connectivity index (χ4v) is 3.95. The first-order chi connectivity index (χ1) is 12.1. The molecule has 1 aromatic carbocycles. The fourth-order valence-electron chi connectivity index (χ4n) is 3.95. The van der Waals surface area contributed by atoms with Crippen molar-refractivity contribution in [2.75, 3.05) is 24.5 Å². The lowest BCUT2D eigenvalue weighted by Crippen LogP contribution is -2.55. The topological polar surface area (TPSA) is 65.1 Å². The molecule has 2 atom stereocenters. The van der Waals surface area contributed by atoms with E-state index in [0.29, 0.717) is 31.7 Å². The minimum atomic E-state index is -0.208. The number of aromatic nitrogens is 3. The second kappa shape index (κ2) is 6.46. The Bertz CT molecular complexity index is 776. The van der Waals surface area contributed by atoms with Gasteiger partial charge in [0.1, 0.15) is 5.82 Å². The molecule has 2 aromatic rings. The van der Waals surface area contributed by atoms with Gasteiger partial charge in [0.15, 0.2) is 0 Å². The Hall–Kier alpha value is -2.44. The van der Waals surface area contributed by atoms with E-state index in [0.717, 1.165) is 24.2 Å². The smallest absolute Gasteiger partial charge is 0.226 e. The zero-order valence-electron chi connectivity index (χ0n) is 14.3. The van der Waals surface area contributed by atoms with Crippen LogP contribution in [0, 0.1) is 11.7 Å². The number of fused-ring (bicyclic) bond motifs is 1. The number of carbonyl (C=O) groups excluding carboxylic acids is 1. The van der Waals surface area contributed by atoms with Gasteiger partial charge in [-0.25, -0.2) is 4.39 Å². The van der Waals surface area contributed by atoms with Crippen LogP contribution < -0.4 is 4.90 Å². The number of anilines is 1. The molecule has 7 heteroatoms. The summed E-state index contributed by atoms with van der Waals surface area (Å²) in [4.78, 5) is 16.9.